The number of fused-ring (bicyclic) bond motifs is 1. The lowest BCUT2D eigenvalue weighted by atomic mass is 9.99. The van der Waals surface area contributed by atoms with Gasteiger partial charge in [-0.1, -0.05) is 31.5 Å². The Hall–Kier alpha value is -2.07. The van der Waals surface area contributed by atoms with Crippen molar-refractivity contribution >= 4 is 29.0 Å². The predicted molar refractivity (Wildman–Crippen MR) is 89.8 cm³/mol. The van der Waals surface area contributed by atoms with Gasteiger partial charge in [0.2, 0.25) is 0 Å². The Balaban J connectivity index is 1.85. The summed E-state index contributed by atoms with van der Waals surface area (Å²) in [7, 11) is 0. The fraction of sp³-hybridized carbons (Fsp3) is 0.294. The van der Waals surface area contributed by atoms with Crippen LogP contribution in [-0.2, 0) is 6.42 Å². The molecular weight excluding hydrogens is 298 g/mol. The van der Waals surface area contributed by atoms with Crippen molar-refractivity contribution in [2.45, 2.75) is 26.2 Å². The molecule has 1 aromatic heterocycles. The van der Waals surface area contributed by atoms with E-state index in [-0.39, 0.29) is 6.03 Å². The number of amides is 2. The van der Waals surface area contributed by atoms with E-state index >= 15 is 0 Å². The molecule has 0 atom stereocenters. The summed E-state index contributed by atoms with van der Waals surface area (Å²) in [6, 6.07) is 7.48. The van der Waals surface area contributed by atoms with Crippen molar-refractivity contribution in [1.29, 1.82) is 0 Å². The molecule has 2 amide bonds. The zero-order chi connectivity index (χ0) is 15.7. The van der Waals surface area contributed by atoms with Crippen LogP contribution in [0.5, 0.6) is 0 Å². The van der Waals surface area contributed by atoms with Crippen molar-refractivity contribution in [2.24, 2.45) is 0 Å². The number of hydrogen-bond donors (Lipinski definition) is 1. The Morgan fingerprint density at radius 1 is 1.41 bits per heavy atom. The van der Waals surface area contributed by atoms with Gasteiger partial charge in [-0.15, -0.1) is 0 Å². The van der Waals surface area contributed by atoms with Crippen molar-refractivity contribution in [3.05, 3.63) is 52.8 Å². The summed E-state index contributed by atoms with van der Waals surface area (Å²) in [6.07, 6.45) is 4.16. The van der Waals surface area contributed by atoms with Crippen LogP contribution in [0.25, 0.3) is 0 Å². The van der Waals surface area contributed by atoms with E-state index in [0.717, 1.165) is 22.7 Å². The highest BCUT2D eigenvalue weighted by molar-refractivity contribution is 6.32. The van der Waals surface area contributed by atoms with Crippen molar-refractivity contribution in [3.63, 3.8) is 0 Å². The van der Waals surface area contributed by atoms with Crippen LogP contribution in [0.4, 0.5) is 16.2 Å². The molecule has 3 rings (SSSR count). The van der Waals surface area contributed by atoms with E-state index in [0.29, 0.717) is 18.2 Å². The quantitative estimate of drug-likeness (QED) is 0.889. The van der Waals surface area contributed by atoms with Crippen LogP contribution >= 0.6 is 11.6 Å². The Kier molecular flexibility index (Phi) is 4.03. The molecule has 0 radical (unpaired) electrons. The van der Waals surface area contributed by atoms with Crippen molar-refractivity contribution < 1.29 is 4.79 Å². The lowest BCUT2D eigenvalue weighted by Gasteiger charge is -2.19. The maximum Gasteiger partial charge on any atom is 0.326 e. The van der Waals surface area contributed by atoms with Gasteiger partial charge in [-0.3, -0.25) is 9.88 Å². The van der Waals surface area contributed by atoms with Crippen LogP contribution in [-0.4, -0.2) is 17.6 Å². The van der Waals surface area contributed by atoms with Crippen LogP contribution in [0.15, 0.2) is 36.7 Å². The monoisotopic (exact) mass is 315 g/mol. The summed E-state index contributed by atoms with van der Waals surface area (Å²) >= 11 is 6.36. The number of halogens is 1. The molecule has 2 aromatic rings. The molecule has 5 heteroatoms. The molecule has 1 aromatic carbocycles. The van der Waals surface area contributed by atoms with Crippen LogP contribution in [0.1, 0.15) is 30.9 Å². The molecule has 1 aliphatic heterocycles. The largest absolute Gasteiger partial charge is 0.326 e. The molecule has 0 saturated carbocycles. The Labute approximate surface area is 135 Å². The van der Waals surface area contributed by atoms with E-state index in [9.17, 15) is 4.79 Å². The Bertz CT molecular complexity index is 701. The molecule has 1 N–H and O–H groups in total. The zero-order valence-electron chi connectivity index (χ0n) is 12.6. The third-order valence-corrected chi connectivity index (χ3v) is 4.20. The second-order valence-corrected chi connectivity index (χ2v) is 6.14. The molecule has 1 aliphatic rings. The molecule has 0 spiro atoms. The van der Waals surface area contributed by atoms with Gasteiger partial charge in [-0.2, -0.15) is 0 Å². The predicted octanol–water partition coefficient (Wildman–Crippen LogP) is 4.45. The Morgan fingerprint density at radius 3 is 2.91 bits per heavy atom. The van der Waals surface area contributed by atoms with Gasteiger partial charge in [0, 0.05) is 17.8 Å². The first-order valence-corrected chi connectivity index (χ1v) is 7.75. The summed E-state index contributed by atoms with van der Waals surface area (Å²) in [5, 5.41) is 3.58. The van der Waals surface area contributed by atoms with Crippen molar-refractivity contribution in [1.82, 2.24) is 4.98 Å². The summed E-state index contributed by atoms with van der Waals surface area (Å²) in [5.41, 5.74) is 3.89. The second kappa shape index (κ2) is 5.97. The number of rotatable bonds is 2. The van der Waals surface area contributed by atoms with Crippen LogP contribution < -0.4 is 10.2 Å². The lowest BCUT2D eigenvalue weighted by molar-refractivity contribution is 0.257. The standard InChI is InChI=1S/C17H18ClN3O/c1-11(2)14-8-12-5-7-21(16(12)9-15(14)18)17(22)20-13-4-3-6-19-10-13/h3-4,6,8-11H,5,7H2,1-2H3,(H,20,22). The van der Waals surface area contributed by atoms with E-state index < -0.39 is 0 Å². The number of aromatic nitrogens is 1. The van der Waals surface area contributed by atoms with Crippen molar-refractivity contribution in [3.8, 4) is 0 Å². The Morgan fingerprint density at radius 2 is 2.23 bits per heavy atom. The normalized spacial score (nSPS) is 13.4. The maximum atomic E-state index is 12.5. The van der Waals surface area contributed by atoms with Gasteiger partial charge in [-0.25, -0.2) is 4.79 Å². The second-order valence-electron chi connectivity index (χ2n) is 5.73. The summed E-state index contributed by atoms with van der Waals surface area (Å²) < 4.78 is 0. The molecule has 2 heterocycles. The summed E-state index contributed by atoms with van der Waals surface area (Å²) in [4.78, 5) is 18.2. The van der Waals surface area contributed by atoms with Gasteiger partial charge in [0.1, 0.15) is 0 Å². The third-order valence-electron chi connectivity index (χ3n) is 3.87. The van der Waals surface area contributed by atoms with E-state index in [1.54, 1.807) is 23.4 Å². The zero-order valence-corrected chi connectivity index (χ0v) is 13.4. The first kappa shape index (κ1) is 14.9. The number of nitrogens with one attached hydrogen (secondary N) is 1. The minimum atomic E-state index is -0.153. The highest BCUT2D eigenvalue weighted by Crippen LogP contribution is 2.36. The van der Waals surface area contributed by atoms with Gasteiger partial charge in [0.05, 0.1) is 17.6 Å². The van der Waals surface area contributed by atoms with Gasteiger partial charge >= 0.3 is 6.03 Å². The molecule has 0 bridgehead atoms. The average Bonchev–Trinajstić information content (AvgIpc) is 2.90. The van der Waals surface area contributed by atoms with Crippen molar-refractivity contribution in [2.75, 3.05) is 16.8 Å². The molecule has 0 aliphatic carbocycles. The minimum absolute atomic E-state index is 0.153. The third kappa shape index (κ3) is 2.79. The van der Waals surface area contributed by atoms with Crippen LogP contribution in [0, 0.1) is 0 Å². The number of pyridine rings is 1. The number of urea groups is 1. The lowest BCUT2D eigenvalue weighted by Crippen LogP contribution is -2.33. The van der Waals surface area contributed by atoms with Gasteiger partial charge in [0.25, 0.3) is 0 Å². The molecule has 0 saturated heterocycles. The highest BCUT2D eigenvalue weighted by atomic mass is 35.5. The first-order chi connectivity index (χ1) is 10.6. The van der Waals surface area contributed by atoms with Gasteiger partial charge < -0.3 is 5.32 Å². The number of carbonyl (C=O) groups excluding carboxylic acids is 1. The van der Waals surface area contributed by atoms with Gasteiger partial charge in [0.15, 0.2) is 0 Å². The molecule has 114 valence electrons. The number of carbonyl (C=O) groups is 1. The number of nitrogens with zero attached hydrogens (tertiary/aromatic N) is 2. The fourth-order valence-corrected chi connectivity index (χ4v) is 3.09. The number of hydrogen-bond acceptors (Lipinski definition) is 2. The number of anilines is 2. The summed E-state index contributed by atoms with van der Waals surface area (Å²) in [6.45, 7) is 4.91. The molecular formula is C17H18ClN3O. The van der Waals surface area contributed by atoms with Crippen LogP contribution in [0.2, 0.25) is 5.02 Å². The smallest absolute Gasteiger partial charge is 0.306 e. The average molecular weight is 316 g/mol. The van der Waals surface area contributed by atoms with Gasteiger partial charge in [-0.05, 0) is 41.7 Å². The highest BCUT2D eigenvalue weighted by Gasteiger charge is 2.26. The van der Waals surface area contributed by atoms with E-state index in [1.165, 1.54) is 5.56 Å². The van der Waals surface area contributed by atoms with E-state index in [1.807, 2.05) is 12.1 Å². The number of benzene rings is 1. The fourth-order valence-electron chi connectivity index (χ4n) is 2.71. The summed E-state index contributed by atoms with van der Waals surface area (Å²) in [5.74, 6) is 0.371. The maximum absolute atomic E-state index is 12.5. The minimum Gasteiger partial charge on any atom is -0.306 e. The first-order valence-electron chi connectivity index (χ1n) is 7.37. The molecule has 4 nitrogen and oxygen atoms in total. The molecule has 0 unspecified atom stereocenters. The van der Waals surface area contributed by atoms with E-state index in [2.05, 4.69) is 30.2 Å². The van der Waals surface area contributed by atoms with E-state index in [4.69, 9.17) is 11.6 Å². The topological polar surface area (TPSA) is 45.2 Å². The van der Waals surface area contributed by atoms with Crippen LogP contribution in [0.3, 0.4) is 0 Å². The SMILES string of the molecule is CC(C)c1cc2c(cc1Cl)N(C(=O)Nc1cccnc1)CC2. The molecule has 22 heavy (non-hydrogen) atoms. The molecule has 0 fully saturated rings.